The van der Waals surface area contributed by atoms with E-state index < -0.39 is 11.9 Å². The molecule has 5 heteroatoms. The van der Waals surface area contributed by atoms with E-state index in [1.807, 2.05) is 0 Å². The number of hydrogen-bond acceptors (Lipinski definition) is 1. The van der Waals surface area contributed by atoms with Gasteiger partial charge in [0.05, 0.1) is 0 Å². The van der Waals surface area contributed by atoms with Crippen LogP contribution in [-0.2, 0) is 4.74 Å². The van der Waals surface area contributed by atoms with E-state index >= 15 is 0 Å². The summed E-state index contributed by atoms with van der Waals surface area (Å²) >= 11 is 3.04. The van der Waals surface area contributed by atoms with Gasteiger partial charge in [-0.05, 0) is 6.08 Å². The van der Waals surface area contributed by atoms with E-state index in [1.54, 1.807) is 0 Å². The average Bonchev–Trinajstić information content (AvgIpc) is 2.32. The Bertz CT molecular complexity index is 175. The van der Waals surface area contributed by atoms with Crippen LogP contribution in [-0.4, -0.2) is 17.6 Å². The number of alkyl halides is 4. The zero-order valence-electron chi connectivity index (χ0n) is 5.49. The van der Waals surface area contributed by atoms with Crippen LogP contribution in [0.5, 0.6) is 0 Å². The molecule has 0 aromatic heterocycles. The topological polar surface area (TPSA) is 9.23 Å². The molecule has 0 amide bonds. The summed E-state index contributed by atoms with van der Waals surface area (Å²) in [7, 11) is 0. The molecule has 64 valence electrons. The molecule has 1 heterocycles. The van der Waals surface area contributed by atoms with Crippen molar-refractivity contribution in [1.82, 2.24) is 0 Å². The highest BCUT2D eigenvalue weighted by atomic mass is 79.9. The highest BCUT2D eigenvalue weighted by Crippen LogP contribution is 2.32. The van der Waals surface area contributed by atoms with Crippen molar-refractivity contribution in [3.63, 3.8) is 0 Å². The lowest BCUT2D eigenvalue weighted by molar-refractivity contribution is -0.132. The monoisotopic (exact) mass is 230 g/mol. The van der Waals surface area contributed by atoms with Crippen LogP contribution in [0.3, 0.4) is 0 Å². The number of ether oxygens (including phenoxy) is 1. The smallest absolute Gasteiger partial charge is 0.448 e. The van der Waals surface area contributed by atoms with Crippen LogP contribution < -0.4 is 0 Å². The number of allylic oxidation sites excluding steroid dienone is 1. The molecule has 0 aliphatic carbocycles. The Morgan fingerprint density at radius 2 is 2.27 bits per heavy atom. The van der Waals surface area contributed by atoms with Gasteiger partial charge in [-0.25, -0.2) is 0 Å². The van der Waals surface area contributed by atoms with Crippen LogP contribution in [0.1, 0.15) is 6.42 Å². The fourth-order valence-corrected chi connectivity index (χ4v) is 1.19. The minimum absolute atomic E-state index is 0.333. The van der Waals surface area contributed by atoms with Crippen LogP contribution >= 0.6 is 15.9 Å². The molecule has 0 N–H and O–H groups in total. The first-order valence-electron chi connectivity index (χ1n) is 3.04. The van der Waals surface area contributed by atoms with Crippen molar-refractivity contribution in [1.29, 1.82) is 0 Å². The highest BCUT2D eigenvalue weighted by Gasteiger charge is 2.39. The zero-order chi connectivity index (χ0) is 8.48. The minimum atomic E-state index is -4.32. The summed E-state index contributed by atoms with van der Waals surface area (Å²) in [6.45, 7) is 0. The van der Waals surface area contributed by atoms with Crippen LogP contribution in [0.4, 0.5) is 13.2 Å². The van der Waals surface area contributed by atoms with Crippen molar-refractivity contribution >= 4 is 15.9 Å². The average molecular weight is 231 g/mol. The molecular formula is C6H6BrF3O. The molecule has 0 aromatic rings. The molecule has 1 nitrogen and oxygen atoms in total. The molecule has 0 saturated heterocycles. The Labute approximate surface area is 70.3 Å². The van der Waals surface area contributed by atoms with Crippen molar-refractivity contribution in [2.45, 2.75) is 18.7 Å². The normalized spacial score (nSPS) is 24.7. The molecule has 0 saturated carbocycles. The SMILES string of the molecule is FC(F)(F)C1=CCC(CBr)O1. The predicted octanol–water partition coefficient (Wildman–Crippen LogP) is 2.62. The van der Waals surface area contributed by atoms with Crippen molar-refractivity contribution in [3.05, 3.63) is 11.8 Å². The van der Waals surface area contributed by atoms with Gasteiger partial charge in [-0.2, -0.15) is 13.2 Å². The van der Waals surface area contributed by atoms with Gasteiger partial charge in [0.15, 0.2) is 5.76 Å². The van der Waals surface area contributed by atoms with E-state index in [0.717, 1.165) is 6.08 Å². The molecule has 0 radical (unpaired) electrons. The maximum atomic E-state index is 11.9. The molecule has 1 atom stereocenters. The van der Waals surface area contributed by atoms with E-state index in [4.69, 9.17) is 0 Å². The predicted molar refractivity (Wildman–Crippen MR) is 37.4 cm³/mol. The lowest BCUT2D eigenvalue weighted by atomic mass is 10.3. The molecule has 0 bridgehead atoms. The van der Waals surface area contributed by atoms with Gasteiger partial charge < -0.3 is 4.74 Å². The van der Waals surface area contributed by atoms with Crippen LogP contribution in [0.2, 0.25) is 0 Å². The van der Waals surface area contributed by atoms with Gasteiger partial charge in [-0.1, -0.05) is 15.9 Å². The lowest BCUT2D eigenvalue weighted by Gasteiger charge is -2.11. The van der Waals surface area contributed by atoms with Gasteiger partial charge in [0.1, 0.15) is 6.10 Å². The van der Waals surface area contributed by atoms with Crippen LogP contribution in [0.25, 0.3) is 0 Å². The third kappa shape index (κ3) is 2.12. The number of halogens is 4. The molecule has 11 heavy (non-hydrogen) atoms. The van der Waals surface area contributed by atoms with Gasteiger partial charge in [-0.15, -0.1) is 0 Å². The summed E-state index contributed by atoms with van der Waals surface area (Å²) < 4.78 is 40.1. The third-order valence-electron chi connectivity index (χ3n) is 1.31. The largest absolute Gasteiger partial charge is 0.485 e. The van der Waals surface area contributed by atoms with Crippen LogP contribution in [0, 0.1) is 0 Å². The Morgan fingerprint density at radius 1 is 1.64 bits per heavy atom. The molecule has 1 rings (SSSR count). The summed E-state index contributed by atoms with van der Waals surface area (Å²) in [5.74, 6) is -0.859. The Balaban J connectivity index is 2.53. The summed E-state index contributed by atoms with van der Waals surface area (Å²) in [6.07, 6.45) is -3.27. The zero-order valence-corrected chi connectivity index (χ0v) is 7.08. The molecule has 0 aromatic carbocycles. The van der Waals surface area contributed by atoms with Crippen molar-refractivity contribution in [2.24, 2.45) is 0 Å². The van der Waals surface area contributed by atoms with Gasteiger partial charge in [0.25, 0.3) is 0 Å². The van der Waals surface area contributed by atoms with E-state index in [2.05, 4.69) is 20.7 Å². The quantitative estimate of drug-likeness (QED) is 0.630. The van der Waals surface area contributed by atoms with Crippen molar-refractivity contribution in [3.8, 4) is 0 Å². The first-order valence-corrected chi connectivity index (χ1v) is 4.16. The Morgan fingerprint density at radius 3 is 2.55 bits per heavy atom. The van der Waals surface area contributed by atoms with Crippen molar-refractivity contribution in [2.75, 3.05) is 5.33 Å². The third-order valence-corrected chi connectivity index (χ3v) is 2.03. The summed E-state index contributed by atoms with van der Waals surface area (Å²) in [4.78, 5) is 0. The summed E-state index contributed by atoms with van der Waals surface area (Å²) in [5, 5.41) is 0.434. The number of rotatable bonds is 1. The van der Waals surface area contributed by atoms with Gasteiger partial charge in [0.2, 0.25) is 0 Å². The summed E-state index contributed by atoms with van der Waals surface area (Å²) in [5.41, 5.74) is 0. The fraction of sp³-hybridized carbons (Fsp3) is 0.667. The van der Waals surface area contributed by atoms with E-state index in [1.165, 1.54) is 0 Å². The summed E-state index contributed by atoms with van der Waals surface area (Å²) in [6, 6.07) is 0. The molecule has 1 aliphatic heterocycles. The second-order valence-corrected chi connectivity index (χ2v) is 2.84. The highest BCUT2D eigenvalue weighted by molar-refractivity contribution is 9.09. The maximum absolute atomic E-state index is 11.9. The Hall–Kier alpha value is -0.190. The van der Waals surface area contributed by atoms with Crippen molar-refractivity contribution < 1.29 is 17.9 Å². The molecule has 1 unspecified atom stereocenters. The minimum Gasteiger partial charge on any atom is -0.485 e. The Kier molecular flexibility index (Phi) is 2.47. The van der Waals surface area contributed by atoms with Gasteiger partial charge in [0, 0.05) is 11.8 Å². The lowest BCUT2D eigenvalue weighted by Crippen LogP contribution is -2.16. The van der Waals surface area contributed by atoms with E-state index in [0.29, 0.717) is 11.8 Å². The second kappa shape index (κ2) is 3.05. The first-order chi connectivity index (χ1) is 5.04. The first kappa shape index (κ1) is 8.90. The van der Waals surface area contributed by atoms with Crippen LogP contribution in [0.15, 0.2) is 11.8 Å². The fourth-order valence-electron chi connectivity index (χ4n) is 0.791. The van der Waals surface area contributed by atoms with E-state index in [-0.39, 0.29) is 6.10 Å². The maximum Gasteiger partial charge on any atom is 0.448 e. The standard InChI is InChI=1S/C6H6BrF3O/c7-3-4-1-2-5(11-4)6(8,9)10/h2,4H,1,3H2. The molecule has 0 fully saturated rings. The van der Waals surface area contributed by atoms with E-state index in [9.17, 15) is 13.2 Å². The second-order valence-electron chi connectivity index (χ2n) is 2.20. The molecule has 1 aliphatic rings. The molecule has 0 spiro atoms. The van der Waals surface area contributed by atoms with Gasteiger partial charge >= 0.3 is 6.18 Å². The number of hydrogen-bond donors (Lipinski definition) is 0. The van der Waals surface area contributed by atoms with Gasteiger partial charge in [-0.3, -0.25) is 0 Å². The molecular weight excluding hydrogens is 225 g/mol.